The zero-order valence-corrected chi connectivity index (χ0v) is 65.9. The first-order valence-corrected chi connectivity index (χ1v) is 39.4. The van der Waals surface area contributed by atoms with Gasteiger partial charge in [0.2, 0.25) is 17.7 Å². The highest BCUT2D eigenvalue weighted by molar-refractivity contribution is 6.29. The average Bonchev–Trinajstić information content (AvgIpc) is 1.60. The Labute approximate surface area is 685 Å². The van der Waals surface area contributed by atoms with Gasteiger partial charge in [0, 0.05) is 57.8 Å². The molecule has 18 rings (SSSR count). The number of nitrogens with zero attached hydrogens (tertiary/aromatic N) is 4. The van der Waals surface area contributed by atoms with E-state index in [2.05, 4.69) is 76.2 Å². The lowest BCUT2D eigenvalue weighted by atomic mass is 9.93. The third-order valence-electron chi connectivity index (χ3n) is 21.0. The van der Waals surface area contributed by atoms with Crippen molar-refractivity contribution in [2.24, 2.45) is 0 Å². The van der Waals surface area contributed by atoms with Crippen molar-refractivity contribution in [1.29, 1.82) is 0 Å². The van der Waals surface area contributed by atoms with Crippen LogP contribution in [0.1, 0.15) is 96.5 Å². The Morgan fingerprint density at radius 3 is 0.958 bits per heavy atom. The second kappa shape index (κ2) is 38.0. The Hall–Kier alpha value is -14.6. The fourth-order valence-electron chi connectivity index (χ4n) is 14.4. The Morgan fingerprint density at radius 2 is 0.585 bits per heavy atom. The van der Waals surface area contributed by atoms with Gasteiger partial charge in [-0.3, -0.25) is 43.3 Å². The number of phenols is 3. The average molecular weight is 1560 g/mol. The van der Waals surface area contributed by atoms with Crippen molar-refractivity contribution in [2.45, 2.75) is 91.1 Å². The molecule has 2 atom stereocenters. The number of carbonyl (C=O) groups is 8. The monoisotopic (exact) mass is 1560 g/mol. The molecule has 16 heteroatoms. The largest absolute Gasteiger partial charge is 0.507 e. The SMILES string of the molecule is CCc1ccc(CC)cc1.CCc1ccc(CC)cc1.O=C1C=CC(=O)N1c1ccc(Cc2ccc(N3C(=O)CC(Oc4cccc5ccccc45)C3=O)cc2)cc1.O=C1C=CC(=O)N1c1ccc(Cc2ccc(N3C(=O)CC(c4ccc5ccccc5c4O)C3=O)cc2)cc1.Oc1cccc2ccccc12.Oc1cccc2ccccc12. The van der Waals surface area contributed by atoms with Crippen LogP contribution in [0.4, 0.5) is 22.7 Å². The molecule has 0 aromatic heterocycles. The van der Waals surface area contributed by atoms with Crippen LogP contribution in [0.3, 0.4) is 0 Å². The van der Waals surface area contributed by atoms with E-state index in [1.807, 2.05) is 188 Å². The number of benzene rings is 14. The summed E-state index contributed by atoms with van der Waals surface area (Å²) in [6.07, 6.45) is 9.88. The van der Waals surface area contributed by atoms with Crippen molar-refractivity contribution in [3.8, 4) is 23.0 Å². The fourth-order valence-corrected chi connectivity index (χ4v) is 14.4. The van der Waals surface area contributed by atoms with Gasteiger partial charge in [0.1, 0.15) is 23.0 Å². The predicted molar refractivity (Wildman–Crippen MR) is 467 cm³/mol. The highest BCUT2D eigenvalue weighted by Crippen LogP contribution is 2.41. The van der Waals surface area contributed by atoms with Crippen LogP contribution in [0.5, 0.6) is 23.0 Å². The number of rotatable bonds is 15. The first-order chi connectivity index (χ1) is 57.4. The Kier molecular flexibility index (Phi) is 26.2. The Bertz CT molecular complexity index is 5860. The number of aromatic hydroxyl groups is 3. The predicted octanol–water partition coefficient (Wildman–Crippen LogP) is 19.9. The van der Waals surface area contributed by atoms with E-state index >= 15 is 0 Å². The molecule has 118 heavy (non-hydrogen) atoms. The van der Waals surface area contributed by atoms with E-state index in [0.29, 0.717) is 63.8 Å². The summed E-state index contributed by atoms with van der Waals surface area (Å²) in [4.78, 5) is 104. The molecule has 2 fully saturated rings. The molecular formula is C102H88N4O12. The van der Waals surface area contributed by atoms with Crippen LogP contribution in [0.25, 0.3) is 43.1 Å². The van der Waals surface area contributed by atoms with E-state index < -0.39 is 12.0 Å². The van der Waals surface area contributed by atoms with E-state index in [1.165, 1.54) is 56.4 Å². The maximum absolute atomic E-state index is 13.3. The van der Waals surface area contributed by atoms with Gasteiger partial charge in [0.15, 0.2) is 6.10 Å². The van der Waals surface area contributed by atoms with E-state index in [1.54, 1.807) is 72.8 Å². The molecule has 2 saturated heterocycles. The highest BCUT2D eigenvalue weighted by Gasteiger charge is 2.43. The van der Waals surface area contributed by atoms with Crippen LogP contribution in [0, 0.1) is 0 Å². The van der Waals surface area contributed by atoms with Crippen molar-refractivity contribution >= 4 is 113 Å². The number of ether oxygens (including phenoxy) is 1. The minimum Gasteiger partial charge on any atom is -0.507 e. The van der Waals surface area contributed by atoms with Crippen LogP contribution in [0.15, 0.2) is 334 Å². The summed E-state index contributed by atoms with van der Waals surface area (Å²) in [6, 6.07) is 97.5. The summed E-state index contributed by atoms with van der Waals surface area (Å²) in [6.45, 7) is 8.73. The number of hydrogen-bond acceptors (Lipinski definition) is 12. The second-order valence-corrected chi connectivity index (χ2v) is 28.7. The third-order valence-corrected chi connectivity index (χ3v) is 21.0. The summed E-state index contributed by atoms with van der Waals surface area (Å²) in [5.74, 6) is -2.20. The Balaban J connectivity index is 0.000000138. The first-order valence-electron chi connectivity index (χ1n) is 39.4. The lowest BCUT2D eigenvalue weighted by Gasteiger charge is -2.17. The molecule has 14 aromatic rings. The van der Waals surface area contributed by atoms with Crippen LogP contribution < -0.4 is 24.3 Å². The number of fused-ring (bicyclic) bond motifs is 4. The number of imide groups is 4. The first kappa shape index (κ1) is 81.4. The molecular weight excluding hydrogens is 1470 g/mol. The van der Waals surface area contributed by atoms with Crippen molar-refractivity contribution in [3.05, 3.63) is 384 Å². The number of phenolic OH excluding ortho intramolecular Hbond substituents is 3. The van der Waals surface area contributed by atoms with Crippen molar-refractivity contribution in [3.63, 3.8) is 0 Å². The third kappa shape index (κ3) is 19.2. The van der Waals surface area contributed by atoms with Gasteiger partial charge >= 0.3 is 0 Å². The van der Waals surface area contributed by atoms with Gasteiger partial charge in [-0.25, -0.2) is 14.7 Å². The minimum absolute atomic E-state index is 0.00359. The number of amides is 8. The van der Waals surface area contributed by atoms with Gasteiger partial charge in [0.05, 0.1) is 35.1 Å². The van der Waals surface area contributed by atoms with Crippen LogP contribution in [-0.2, 0) is 76.9 Å². The van der Waals surface area contributed by atoms with E-state index in [4.69, 9.17) is 4.74 Å². The molecule has 588 valence electrons. The van der Waals surface area contributed by atoms with Crippen LogP contribution in [0.2, 0.25) is 0 Å². The molecule has 4 aliphatic rings. The molecule has 3 N–H and O–H groups in total. The quantitative estimate of drug-likeness (QED) is 0.0816. The molecule has 0 radical (unpaired) electrons. The van der Waals surface area contributed by atoms with Gasteiger partial charge in [-0.15, -0.1) is 0 Å². The van der Waals surface area contributed by atoms with Crippen LogP contribution in [-0.4, -0.2) is 68.7 Å². The number of carbonyl (C=O) groups excluding carboxylic acids is 8. The van der Waals surface area contributed by atoms with Gasteiger partial charge in [0.25, 0.3) is 29.5 Å². The van der Waals surface area contributed by atoms with E-state index in [0.717, 1.165) is 95.4 Å². The molecule has 16 nitrogen and oxygen atoms in total. The molecule has 0 spiro atoms. The molecule has 4 aliphatic heterocycles. The second-order valence-electron chi connectivity index (χ2n) is 28.7. The molecule has 0 bridgehead atoms. The number of hydrogen-bond donors (Lipinski definition) is 3. The maximum atomic E-state index is 13.3. The zero-order valence-electron chi connectivity index (χ0n) is 65.9. The molecule has 8 amide bonds. The van der Waals surface area contributed by atoms with Crippen molar-refractivity contribution in [1.82, 2.24) is 0 Å². The molecule has 0 aliphatic carbocycles. The molecule has 14 aromatic carbocycles. The summed E-state index contributed by atoms with van der Waals surface area (Å²) in [5, 5.41) is 37.0. The van der Waals surface area contributed by atoms with Gasteiger partial charge in [-0.05, 0) is 171 Å². The summed E-state index contributed by atoms with van der Waals surface area (Å²) in [7, 11) is 0. The van der Waals surface area contributed by atoms with Gasteiger partial charge < -0.3 is 20.1 Å². The summed E-state index contributed by atoms with van der Waals surface area (Å²) >= 11 is 0. The number of aryl methyl sites for hydroxylation is 4. The standard InChI is InChI=1S/2C31H22N2O5.2C10H8O.2C10H14/c34-28-16-17-29(35)32(28)23-12-8-20(9-13-23)18-21-10-14-24(15-11-21)33-30(36)19-27(31(33)37)38-26-7-3-5-22-4-1-2-6-25(22)26;34-27-15-16-28(35)32(27)22-10-5-19(6-11-22)17-20-7-12-23(13-8-20)33-29(36)18-26(31(33)38)25-14-9-21-3-1-2-4-24(21)30(25)37;2*11-10-7-3-5-8-4-1-2-6-9(8)10;2*1-3-9-5-7-10(4-2)8-6-9/h1-17,27H,18-19H2;1-16,26,37H,17-18H2;2*1-7,11H;2*5-8H,3-4H2,1-2H3. The molecule has 2 unspecified atom stereocenters. The number of anilines is 4. The van der Waals surface area contributed by atoms with Crippen molar-refractivity contribution < 1.29 is 58.4 Å². The summed E-state index contributed by atoms with van der Waals surface area (Å²) in [5.41, 5.74) is 12.1. The van der Waals surface area contributed by atoms with E-state index in [-0.39, 0.29) is 65.8 Å². The molecule has 4 heterocycles. The summed E-state index contributed by atoms with van der Waals surface area (Å²) < 4.78 is 6.02. The van der Waals surface area contributed by atoms with Crippen molar-refractivity contribution in [2.75, 3.05) is 19.6 Å². The maximum Gasteiger partial charge on any atom is 0.275 e. The fraction of sp³-hybridized carbons (Fsp3) is 0.137. The Morgan fingerprint density at radius 1 is 0.288 bits per heavy atom. The smallest absolute Gasteiger partial charge is 0.275 e. The van der Waals surface area contributed by atoms with Gasteiger partial charge in [-0.1, -0.05) is 270 Å². The van der Waals surface area contributed by atoms with E-state index in [9.17, 15) is 53.7 Å². The van der Waals surface area contributed by atoms with Crippen LogP contribution >= 0.6 is 0 Å². The normalized spacial score (nSPS) is 14.7. The lowest BCUT2D eigenvalue weighted by Crippen LogP contribution is -2.33. The molecule has 0 saturated carbocycles. The topological polar surface area (TPSA) is 219 Å². The zero-order chi connectivity index (χ0) is 82.8. The van der Waals surface area contributed by atoms with Gasteiger partial charge in [-0.2, -0.15) is 0 Å². The minimum atomic E-state index is -0.879. The highest BCUT2D eigenvalue weighted by atomic mass is 16.5. The lowest BCUT2D eigenvalue weighted by molar-refractivity contribution is -0.124.